The van der Waals surface area contributed by atoms with E-state index in [1.54, 1.807) is 28.9 Å². The van der Waals surface area contributed by atoms with Gasteiger partial charge in [0.25, 0.3) is 0 Å². The van der Waals surface area contributed by atoms with Crippen LogP contribution in [0.3, 0.4) is 0 Å². The predicted molar refractivity (Wildman–Crippen MR) is 77.3 cm³/mol. The number of benzene rings is 1. The lowest BCUT2D eigenvalue weighted by Gasteiger charge is -1.97. The van der Waals surface area contributed by atoms with E-state index >= 15 is 0 Å². The van der Waals surface area contributed by atoms with Crippen molar-refractivity contribution in [2.24, 2.45) is 0 Å². The number of rotatable bonds is 2. The average Bonchev–Trinajstić information content (AvgIpc) is 3.08. The highest BCUT2D eigenvalue weighted by Crippen LogP contribution is 2.28. The van der Waals surface area contributed by atoms with E-state index in [0.29, 0.717) is 27.1 Å². The number of aromatic nitrogens is 5. The lowest BCUT2D eigenvalue weighted by atomic mass is 10.2. The Labute approximate surface area is 122 Å². The Morgan fingerprint density at radius 1 is 1.00 bits per heavy atom. The Morgan fingerprint density at radius 2 is 1.86 bits per heavy atom. The summed E-state index contributed by atoms with van der Waals surface area (Å²) in [5.74, 6) is 0.242. The number of fused-ring (bicyclic) bond motifs is 1. The second kappa shape index (κ2) is 4.71. The maximum Gasteiger partial charge on any atom is 0.235 e. The van der Waals surface area contributed by atoms with Crippen molar-refractivity contribution >= 4 is 16.3 Å². The van der Waals surface area contributed by atoms with Gasteiger partial charge in [-0.25, -0.2) is 4.39 Å². The molecule has 3 heterocycles. The van der Waals surface area contributed by atoms with E-state index in [0.717, 1.165) is 0 Å². The predicted octanol–water partition coefficient (Wildman–Crippen LogP) is 3.05. The SMILES string of the molecule is Fc1ccccc1-c1nn2c(-c3ccccn3)nnc2s1. The summed E-state index contributed by atoms with van der Waals surface area (Å²) in [5.41, 5.74) is 1.13. The molecule has 102 valence electrons. The minimum Gasteiger partial charge on any atom is -0.253 e. The molecule has 0 saturated heterocycles. The van der Waals surface area contributed by atoms with Crippen molar-refractivity contribution in [3.63, 3.8) is 0 Å². The minimum atomic E-state index is -0.304. The van der Waals surface area contributed by atoms with Crippen molar-refractivity contribution in [1.82, 2.24) is 24.8 Å². The second-order valence-electron chi connectivity index (χ2n) is 4.32. The van der Waals surface area contributed by atoms with Gasteiger partial charge in [0.15, 0.2) is 5.01 Å². The zero-order chi connectivity index (χ0) is 14.2. The molecule has 0 aliphatic heterocycles. The maximum atomic E-state index is 13.8. The molecule has 0 spiro atoms. The number of halogens is 1. The van der Waals surface area contributed by atoms with Crippen LogP contribution in [0, 0.1) is 5.82 Å². The summed E-state index contributed by atoms with van der Waals surface area (Å²) in [7, 11) is 0. The van der Waals surface area contributed by atoms with Crippen LogP contribution in [-0.4, -0.2) is 24.8 Å². The van der Waals surface area contributed by atoms with Crippen molar-refractivity contribution < 1.29 is 4.39 Å². The number of hydrogen-bond acceptors (Lipinski definition) is 5. The molecular formula is C14H8FN5S. The quantitative estimate of drug-likeness (QED) is 0.570. The van der Waals surface area contributed by atoms with Crippen LogP contribution < -0.4 is 0 Å². The summed E-state index contributed by atoms with van der Waals surface area (Å²) in [6.07, 6.45) is 1.68. The van der Waals surface area contributed by atoms with Gasteiger partial charge in [0, 0.05) is 11.8 Å². The van der Waals surface area contributed by atoms with E-state index in [1.165, 1.54) is 17.4 Å². The number of nitrogens with zero attached hydrogens (tertiary/aromatic N) is 5. The molecule has 0 amide bonds. The van der Waals surface area contributed by atoms with E-state index < -0.39 is 0 Å². The molecule has 0 bridgehead atoms. The molecule has 4 rings (SSSR count). The Morgan fingerprint density at radius 3 is 2.67 bits per heavy atom. The van der Waals surface area contributed by atoms with Crippen molar-refractivity contribution in [2.45, 2.75) is 0 Å². The van der Waals surface area contributed by atoms with Crippen LogP contribution in [0.4, 0.5) is 4.39 Å². The van der Waals surface area contributed by atoms with Crippen LogP contribution in [0.2, 0.25) is 0 Å². The van der Waals surface area contributed by atoms with Crippen molar-refractivity contribution in [2.75, 3.05) is 0 Å². The first kappa shape index (κ1) is 12.1. The van der Waals surface area contributed by atoms with Crippen molar-refractivity contribution in [3.8, 4) is 22.1 Å². The minimum absolute atomic E-state index is 0.304. The molecule has 0 unspecified atom stereocenters. The van der Waals surface area contributed by atoms with Gasteiger partial charge in [-0.05, 0) is 24.3 Å². The third kappa shape index (κ3) is 1.98. The van der Waals surface area contributed by atoms with Gasteiger partial charge in [-0.3, -0.25) is 4.98 Å². The first-order chi connectivity index (χ1) is 10.3. The fourth-order valence-corrected chi connectivity index (χ4v) is 2.88. The molecule has 4 aromatic rings. The molecule has 0 fully saturated rings. The monoisotopic (exact) mass is 297 g/mol. The Balaban J connectivity index is 1.89. The van der Waals surface area contributed by atoms with Crippen LogP contribution in [0.25, 0.3) is 27.1 Å². The molecule has 5 nitrogen and oxygen atoms in total. The molecule has 0 N–H and O–H groups in total. The molecule has 1 aromatic carbocycles. The first-order valence-electron chi connectivity index (χ1n) is 6.21. The standard InChI is InChI=1S/C14H8FN5S/c15-10-6-2-1-5-9(10)13-19-20-12(17-18-14(20)21-13)11-7-3-4-8-16-11/h1-8H. The van der Waals surface area contributed by atoms with E-state index in [-0.39, 0.29) is 5.82 Å². The van der Waals surface area contributed by atoms with Crippen LogP contribution in [-0.2, 0) is 0 Å². The molecule has 0 aliphatic rings. The lowest BCUT2D eigenvalue weighted by Crippen LogP contribution is -1.93. The summed E-state index contributed by atoms with van der Waals surface area (Å²) in [4.78, 5) is 4.84. The Hall–Kier alpha value is -2.67. The number of pyridine rings is 1. The van der Waals surface area contributed by atoms with Gasteiger partial charge < -0.3 is 0 Å². The average molecular weight is 297 g/mol. The molecular weight excluding hydrogens is 289 g/mol. The summed E-state index contributed by atoms with van der Waals surface area (Å²) < 4.78 is 15.4. The highest BCUT2D eigenvalue weighted by atomic mass is 32.1. The van der Waals surface area contributed by atoms with Gasteiger partial charge in [-0.15, -0.1) is 10.2 Å². The molecule has 3 aromatic heterocycles. The van der Waals surface area contributed by atoms with Crippen LogP contribution in [0.1, 0.15) is 0 Å². The summed E-state index contributed by atoms with van der Waals surface area (Å²) in [5, 5.41) is 13.1. The lowest BCUT2D eigenvalue weighted by molar-refractivity contribution is 0.631. The first-order valence-corrected chi connectivity index (χ1v) is 7.03. The fraction of sp³-hybridized carbons (Fsp3) is 0. The molecule has 0 atom stereocenters. The molecule has 7 heteroatoms. The summed E-state index contributed by atoms with van der Waals surface area (Å²) in [6, 6.07) is 12.1. The largest absolute Gasteiger partial charge is 0.253 e. The van der Waals surface area contributed by atoms with Crippen molar-refractivity contribution in [3.05, 3.63) is 54.5 Å². The zero-order valence-corrected chi connectivity index (χ0v) is 11.5. The third-order valence-electron chi connectivity index (χ3n) is 2.99. The highest BCUT2D eigenvalue weighted by molar-refractivity contribution is 7.19. The van der Waals surface area contributed by atoms with Gasteiger partial charge in [0.2, 0.25) is 10.8 Å². The number of hydrogen-bond donors (Lipinski definition) is 0. The smallest absolute Gasteiger partial charge is 0.235 e. The van der Waals surface area contributed by atoms with Gasteiger partial charge in [0.1, 0.15) is 11.5 Å². The van der Waals surface area contributed by atoms with Gasteiger partial charge in [-0.2, -0.15) is 9.61 Å². The van der Waals surface area contributed by atoms with Gasteiger partial charge in [0.05, 0.1) is 0 Å². The molecule has 0 saturated carbocycles. The summed E-state index contributed by atoms with van der Waals surface area (Å²) in [6.45, 7) is 0. The van der Waals surface area contributed by atoms with Crippen LogP contribution >= 0.6 is 11.3 Å². The van der Waals surface area contributed by atoms with Crippen LogP contribution in [0.5, 0.6) is 0 Å². The van der Waals surface area contributed by atoms with E-state index in [2.05, 4.69) is 20.3 Å². The van der Waals surface area contributed by atoms with Crippen LogP contribution in [0.15, 0.2) is 48.7 Å². The summed E-state index contributed by atoms with van der Waals surface area (Å²) >= 11 is 1.29. The molecule has 21 heavy (non-hydrogen) atoms. The molecule has 0 radical (unpaired) electrons. The molecule has 0 aliphatic carbocycles. The van der Waals surface area contributed by atoms with Gasteiger partial charge in [-0.1, -0.05) is 29.5 Å². The van der Waals surface area contributed by atoms with E-state index in [4.69, 9.17) is 0 Å². The van der Waals surface area contributed by atoms with E-state index in [9.17, 15) is 4.39 Å². The maximum absolute atomic E-state index is 13.8. The second-order valence-corrected chi connectivity index (χ2v) is 5.28. The Bertz CT molecular complexity index is 915. The van der Waals surface area contributed by atoms with Gasteiger partial charge >= 0.3 is 0 Å². The van der Waals surface area contributed by atoms with E-state index in [1.807, 2.05) is 18.2 Å². The highest BCUT2D eigenvalue weighted by Gasteiger charge is 2.16. The Kier molecular flexibility index (Phi) is 2.71. The fourth-order valence-electron chi connectivity index (χ4n) is 2.02. The van der Waals surface area contributed by atoms with Crippen molar-refractivity contribution in [1.29, 1.82) is 0 Å². The third-order valence-corrected chi connectivity index (χ3v) is 3.92. The normalized spacial score (nSPS) is 11.1. The zero-order valence-electron chi connectivity index (χ0n) is 10.6. The topological polar surface area (TPSA) is 56.0 Å².